The number of fused-ring (bicyclic) bond motifs is 1. The third-order valence-electron chi connectivity index (χ3n) is 6.28. The number of nitrogens with zero attached hydrogens (tertiary/aromatic N) is 2. The Balaban J connectivity index is 1.53. The topological polar surface area (TPSA) is 147 Å². The molecule has 2 heterocycles. The summed E-state index contributed by atoms with van der Waals surface area (Å²) in [5.41, 5.74) is 0.678. The van der Waals surface area contributed by atoms with E-state index >= 15 is 0 Å². The van der Waals surface area contributed by atoms with Crippen LogP contribution < -0.4 is 15.8 Å². The Kier molecular flexibility index (Phi) is 9.12. The summed E-state index contributed by atoms with van der Waals surface area (Å²) in [4.78, 5) is 24.2. The van der Waals surface area contributed by atoms with Crippen LogP contribution >= 0.6 is 0 Å². The first kappa shape index (κ1) is 28.1. The molecule has 0 spiro atoms. The maximum Gasteiger partial charge on any atom is 0.341 e. The molecule has 0 amide bonds. The second-order valence-corrected chi connectivity index (χ2v) is 11.1. The number of rotatable bonds is 11. The zero-order chi connectivity index (χ0) is 26.6. The van der Waals surface area contributed by atoms with Gasteiger partial charge in [-0.05, 0) is 49.9 Å². The zero-order valence-electron chi connectivity index (χ0n) is 21.0. The molecule has 1 aromatic carbocycles. The molecule has 1 unspecified atom stereocenters. The Morgan fingerprint density at radius 3 is 2.64 bits per heavy atom. The number of carboxylic acids is 1. The van der Waals surface area contributed by atoms with Crippen LogP contribution in [0.25, 0.3) is 10.9 Å². The number of carboxylic acid groups (broad SMARTS) is 1. The highest BCUT2D eigenvalue weighted by Crippen LogP contribution is 2.27. The molecule has 11 nitrogen and oxygen atoms in total. The number of aromatic carboxylic acids is 1. The van der Waals surface area contributed by atoms with Crippen LogP contribution in [0, 0.1) is 5.92 Å². The highest BCUT2D eigenvalue weighted by molar-refractivity contribution is 7.86. The Bertz CT molecular complexity index is 1230. The number of pyridine rings is 1. The zero-order valence-corrected chi connectivity index (χ0v) is 21.8. The monoisotopic (exact) mass is 525 g/mol. The lowest BCUT2D eigenvalue weighted by atomic mass is 9.94. The number of hydrogen-bond acceptors (Lipinski definition) is 9. The van der Waals surface area contributed by atoms with Gasteiger partial charge in [-0.1, -0.05) is 13.0 Å². The third kappa shape index (κ3) is 6.83. The minimum absolute atomic E-state index is 0.151. The molecule has 1 aliphatic rings. The summed E-state index contributed by atoms with van der Waals surface area (Å²) in [5, 5.41) is 24.2. The number of carbonyl (C=O) groups is 1. The van der Waals surface area contributed by atoms with Gasteiger partial charge in [0.05, 0.1) is 17.4 Å². The van der Waals surface area contributed by atoms with E-state index in [0.29, 0.717) is 36.7 Å². The second-order valence-electron chi connectivity index (χ2n) is 9.41. The van der Waals surface area contributed by atoms with Crippen molar-refractivity contribution in [3.8, 4) is 0 Å². The Labute approximate surface area is 210 Å². The maximum absolute atomic E-state index is 12.7. The van der Waals surface area contributed by atoms with Crippen LogP contribution in [0.15, 0.2) is 29.2 Å². The molecule has 1 fully saturated rings. The summed E-state index contributed by atoms with van der Waals surface area (Å²) in [5.74, 6) is -1.62. The van der Waals surface area contributed by atoms with Crippen molar-refractivity contribution in [2.75, 3.05) is 37.9 Å². The van der Waals surface area contributed by atoms with Crippen molar-refractivity contribution in [2.45, 2.75) is 51.6 Å². The highest BCUT2D eigenvalue weighted by atomic mass is 32.2. The fourth-order valence-corrected chi connectivity index (χ4v) is 5.60. The standard InChI is InChI=1S/C24H35N3O8S/c1-15-12-21(28)34-16(2)23(15)35-36(32,33)11-10-25-9-5-6-17-7-8-20-18(13-17)22(29)19(24(30)31)14-27(20)26(3)4/h7-8,13-16,21,23,25,28H,5-6,9-12H2,1-4H3,(H,30,31)/t15?,16-,21+,23+/m0/s1. The van der Waals surface area contributed by atoms with Crippen LogP contribution in [-0.2, 0) is 25.5 Å². The van der Waals surface area contributed by atoms with Crippen molar-refractivity contribution >= 4 is 27.0 Å². The van der Waals surface area contributed by atoms with Crippen molar-refractivity contribution in [1.82, 2.24) is 9.99 Å². The Morgan fingerprint density at radius 2 is 2.00 bits per heavy atom. The Morgan fingerprint density at radius 1 is 1.28 bits per heavy atom. The molecule has 0 aliphatic carbocycles. The van der Waals surface area contributed by atoms with Crippen molar-refractivity contribution in [2.24, 2.45) is 5.92 Å². The molecule has 1 aliphatic heterocycles. The number of benzene rings is 1. The Hall–Kier alpha value is -2.51. The van der Waals surface area contributed by atoms with E-state index in [-0.39, 0.29) is 23.8 Å². The van der Waals surface area contributed by atoms with Gasteiger partial charge in [0.2, 0.25) is 5.43 Å². The number of aliphatic hydroxyl groups excluding tert-OH is 1. The lowest BCUT2D eigenvalue weighted by Crippen LogP contribution is -2.45. The van der Waals surface area contributed by atoms with Crippen LogP contribution in [0.2, 0.25) is 0 Å². The first-order valence-electron chi connectivity index (χ1n) is 11.9. The number of nitrogens with one attached hydrogen (secondary N) is 1. The van der Waals surface area contributed by atoms with Crippen LogP contribution in [0.4, 0.5) is 0 Å². The van der Waals surface area contributed by atoms with E-state index in [9.17, 15) is 28.2 Å². The SMILES string of the molecule is CC1C[C@H](O)O[C@@H](C)[C@@H]1OS(=O)(=O)CCNCCCc1ccc2c(c1)c(=O)c(C(=O)O)cn2N(C)C. The van der Waals surface area contributed by atoms with Gasteiger partial charge in [-0.15, -0.1) is 0 Å². The van der Waals surface area contributed by atoms with Crippen LogP contribution in [0.1, 0.15) is 42.6 Å². The molecular weight excluding hydrogens is 490 g/mol. The van der Waals surface area contributed by atoms with Gasteiger partial charge < -0.3 is 25.3 Å². The number of aliphatic hydroxyl groups is 1. The molecule has 2 aromatic rings. The van der Waals surface area contributed by atoms with Crippen LogP contribution in [0.5, 0.6) is 0 Å². The molecule has 3 N–H and O–H groups in total. The lowest BCUT2D eigenvalue weighted by Gasteiger charge is -2.36. The molecule has 12 heteroatoms. The van der Waals surface area contributed by atoms with Crippen molar-refractivity contribution in [3.63, 3.8) is 0 Å². The fourth-order valence-electron chi connectivity index (χ4n) is 4.42. The molecule has 0 saturated carbocycles. The van der Waals surface area contributed by atoms with Gasteiger partial charge in [-0.2, -0.15) is 8.42 Å². The summed E-state index contributed by atoms with van der Waals surface area (Å²) in [6, 6.07) is 5.41. The summed E-state index contributed by atoms with van der Waals surface area (Å²) < 4.78 is 37.0. The van der Waals surface area contributed by atoms with E-state index in [1.807, 2.05) is 13.0 Å². The summed E-state index contributed by atoms with van der Waals surface area (Å²) in [6.45, 7) is 4.28. The minimum Gasteiger partial charge on any atom is -0.477 e. The van der Waals surface area contributed by atoms with Crippen LogP contribution in [-0.4, -0.2) is 80.7 Å². The van der Waals surface area contributed by atoms with Gasteiger partial charge in [-0.3, -0.25) is 13.7 Å². The molecule has 0 radical (unpaired) electrons. The number of hydrogen-bond donors (Lipinski definition) is 3. The predicted octanol–water partition coefficient (Wildman–Crippen LogP) is 0.898. The number of aromatic nitrogens is 1. The second kappa shape index (κ2) is 11.7. The molecule has 1 aromatic heterocycles. The number of aryl methyl sites for hydroxylation is 1. The van der Waals surface area contributed by atoms with Gasteiger partial charge >= 0.3 is 5.97 Å². The van der Waals surface area contributed by atoms with Gasteiger partial charge in [0.15, 0.2) is 6.29 Å². The quantitative estimate of drug-likeness (QED) is 0.285. The predicted molar refractivity (Wildman–Crippen MR) is 135 cm³/mol. The average molecular weight is 526 g/mol. The maximum atomic E-state index is 12.7. The van der Waals surface area contributed by atoms with E-state index in [1.54, 1.807) is 42.8 Å². The van der Waals surface area contributed by atoms with Gasteiger partial charge in [0.1, 0.15) is 11.7 Å². The lowest BCUT2D eigenvalue weighted by molar-refractivity contribution is -0.203. The highest BCUT2D eigenvalue weighted by Gasteiger charge is 2.36. The van der Waals surface area contributed by atoms with Crippen LogP contribution in [0.3, 0.4) is 0 Å². The van der Waals surface area contributed by atoms with Gasteiger partial charge in [0.25, 0.3) is 10.1 Å². The summed E-state index contributed by atoms with van der Waals surface area (Å²) in [7, 11) is -0.251. The first-order chi connectivity index (χ1) is 16.9. The largest absolute Gasteiger partial charge is 0.477 e. The van der Waals surface area contributed by atoms with E-state index < -0.39 is 40.0 Å². The summed E-state index contributed by atoms with van der Waals surface area (Å²) in [6.07, 6.45) is 0.886. The van der Waals surface area contributed by atoms with Crippen molar-refractivity contribution < 1.29 is 32.3 Å². The van der Waals surface area contributed by atoms with E-state index in [4.69, 9.17) is 8.92 Å². The molecule has 200 valence electrons. The van der Waals surface area contributed by atoms with E-state index in [1.165, 1.54) is 6.20 Å². The third-order valence-corrected chi connectivity index (χ3v) is 7.50. The smallest absolute Gasteiger partial charge is 0.341 e. The molecular formula is C24H35N3O8S. The fraction of sp³-hybridized carbons (Fsp3) is 0.583. The summed E-state index contributed by atoms with van der Waals surface area (Å²) >= 11 is 0. The van der Waals surface area contributed by atoms with Crippen molar-refractivity contribution in [3.05, 3.63) is 45.7 Å². The molecule has 1 saturated heterocycles. The average Bonchev–Trinajstić information content (AvgIpc) is 2.78. The van der Waals surface area contributed by atoms with Gasteiger partial charge in [-0.25, -0.2) is 4.79 Å². The minimum atomic E-state index is -3.77. The molecule has 3 rings (SSSR count). The normalized spacial score (nSPS) is 22.6. The van der Waals surface area contributed by atoms with E-state index in [0.717, 1.165) is 5.56 Å². The van der Waals surface area contributed by atoms with Crippen molar-refractivity contribution in [1.29, 1.82) is 0 Å². The molecule has 4 atom stereocenters. The first-order valence-corrected chi connectivity index (χ1v) is 13.5. The van der Waals surface area contributed by atoms with E-state index in [2.05, 4.69) is 5.32 Å². The van der Waals surface area contributed by atoms with Gasteiger partial charge in [0, 0.05) is 38.6 Å². The molecule has 0 bridgehead atoms. The number of ether oxygens (including phenoxy) is 1. The molecule has 36 heavy (non-hydrogen) atoms.